The number of esters is 1. The number of amides is 1. The lowest BCUT2D eigenvalue weighted by Gasteiger charge is -2.39. The standard InChI is InChI=1S/C29H35N3O4/c1-6-36-28(34)25-16-26(21-8-7-9-24(15-21)35-5)32(31-25)23-12-10-20(11-13-23)27(33)30-22-14-19(2)17-29(3,4)18-22/h7-13,15-16,19,22H,6,14,17-18H2,1-5H3,(H,30,33)/t19-,22+/m1/s1. The number of aromatic nitrogens is 2. The van der Waals surface area contributed by atoms with Crippen LogP contribution in [0.2, 0.25) is 0 Å². The fourth-order valence-corrected chi connectivity index (χ4v) is 5.35. The molecular formula is C29H35N3O4. The van der Waals surface area contributed by atoms with Gasteiger partial charge in [0.1, 0.15) is 5.75 Å². The van der Waals surface area contributed by atoms with Gasteiger partial charge in [-0.05, 0) is 80.0 Å². The molecule has 0 radical (unpaired) electrons. The van der Waals surface area contributed by atoms with Crippen molar-refractivity contribution in [3.05, 3.63) is 65.9 Å². The molecule has 3 aromatic rings. The number of carbonyl (C=O) groups is 2. The van der Waals surface area contributed by atoms with Gasteiger partial charge < -0.3 is 14.8 Å². The molecule has 7 heteroatoms. The van der Waals surface area contributed by atoms with Gasteiger partial charge in [-0.2, -0.15) is 5.10 Å². The minimum Gasteiger partial charge on any atom is -0.497 e. The van der Waals surface area contributed by atoms with E-state index < -0.39 is 5.97 Å². The highest BCUT2D eigenvalue weighted by molar-refractivity contribution is 5.94. The van der Waals surface area contributed by atoms with E-state index in [0.717, 1.165) is 24.1 Å². The predicted octanol–water partition coefficient (Wildman–Crippen LogP) is 5.67. The van der Waals surface area contributed by atoms with Crippen LogP contribution in [0.1, 0.15) is 67.8 Å². The predicted molar refractivity (Wildman–Crippen MR) is 140 cm³/mol. The molecule has 1 aromatic heterocycles. The Morgan fingerprint density at radius 3 is 2.53 bits per heavy atom. The normalized spacial score (nSPS) is 18.9. The molecule has 1 fully saturated rings. The number of benzene rings is 2. The van der Waals surface area contributed by atoms with Crippen LogP contribution in [-0.4, -0.2) is 41.4 Å². The third-order valence-electron chi connectivity index (χ3n) is 6.66. The number of hydrogen-bond acceptors (Lipinski definition) is 5. The molecule has 36 heavy (non-hydrogen) atoms. The molecule has 0 unspecified atom stereocenters. The molecule has 1 amide bonds. The van der Waals surface area contributed by atoms with E-state index in [-0.39, 0.29) is 29.7 Å². The summed E-state index contributed by atoms with van der Waals surface area (Å²) < 4.78 is 12.2. The summed E-state index contributed by atoms with van der Waals surface area (Å²) in [5.74, 6) is 0.730. The number of nitrogens with zero attached hydrogens (tertiary/aromatic N) is 2. The summed E-state index contributed by atoms with van der Waals surface area (Å²) >= 11 is 0. The van der Waals surface area contributed by atoms with E-state index in [9.17, 15) is 9.59 Å². The van der Waals surface area contributed by atoms with Gasteiger partial charge in [0.25, 0.3) is 5.91 Å². The molecule has 1 aliphatic carbocycles. The first kappa shape index (κ1) is 25.5. The van der Waals surface area contributed by atoms with Gasteiger partial charge in [0.2, 0.25) is 0 Å². The molecule has 0 spiro atoms. The van der Waals surface area contributed by atoms with Crippen molar-refractivity contribution in [3.63, 3.8) is 0 Å². The molecule has 7 nitrogen and oxygen atoms in total. The lowest BCUT2D eigenvalue weighted by atomic mass is 9.70. The van der Waals surface area contributed by atoms with E-state index in [1.807, 2.05) is 36.4 Å². The van der Waals surface area contributed by atoms with E-state index in [4.69, 9.17) is 9.47 Å². The largest absolute Gasteiger partial charge is 0.497 e. The molecule has 190 valence electrons. The summed E-state index contributed by atoms with van der Waals surface area (Å²) in [6.45, 7) is 8.82. The van der Waals surface area contributed by atoms with Crippen molar-refractivity contribution in [2.75, 3.05) is 13.7 Å². The number of hydrogen-bond donors (Lipinski definition) is 1. The molecule has 2 aromatic carbocycles. The summed E-state index contributed by atoms with van der Waals surface area (Å²) in [6.07, 6.45) is 3.16. The maximum Gasteiger partial charge on any atom is 0.358 e. The monoisotopic (exact) mass is 489 g/mol. The quantitative estimate of drug-likeness (QED) is 0.433. The van der Waals surface area contributed by atoms with Gasteiger partial charge in [-0.15, -0.1) is 0 Å². The Bertz CT molecular complexity index is 1230. The Hall–Kier alpha value is -3.61. The molecule has 1 saturated carbocycles. The lowest BCUT2D eigenvalue weighted by Crippen LogP contribution is -2.42. The van der Waals surface area contributed by atoms with Crippen LogP contribution in [0.15, 0.2) is 54.6 Å². The van der Waals surface area contributed by atoms with Crippen molar-refractivity contribution < 1.29 is 19.1 Å². The van der Waals surface area contributed by atoms with Gasteiger partial charge in [0.15, 0.2) is 5.69 Å². The number of carbonyl (C=O) groups excluding carboxylic acids is 2. The number of rotatable bonds is 7. The molecule has 2 atom stereocenters. The van der Waals surface area contributed by atoms with E-state index >= 15 is 0 Å². The molecule has 4 rings (SSSR count). The molecule has 1 N–H and O–H groups in total. The number of nitrogens with one attached hydrogen (secondary N) is 1. The van der Waals surface area contributed by atoms with E-state index in [1.54, 1.807) is 36.9 Å². The van der Waals surface area contributed by atoms with E-state index in [2.05, 4.69) is 31.2 Å². The molecule has 1 heterocycles. The lowest BCUT2D eigenvalue weighted by molar-refractivity contribution is 0.0518. The highest BCUT2D eigenvalue weighted by Gasteiger charge is 2.32. The van der Waals surface area contributed by atoms with Crippen LogP contribution in [-0.2, 0) is 4.74 Å². The highest BCUT2D eigenvalue weighted by atomic mass is 16.5. The first-order chi connectivity index (χ1) is 17.2. The van der Waals surface area contributed by atoms with E-state index in [0.29, 0.717) is 22.9 Å². The molecular weight excluding hydrogens is 454 g/mol. The average Bonchev–Trinajstić information content (AvgIpc) is 3.29. The van der Waals surface area contributed by atoms with Crippen LogP contribution >= 0.6 is 0 Å². The third kappa shape index (κ3) is 5.78. The van der Waals surface area contributed by atoms with Gasteiger partial charge in [-0.1, -0.05) is 32.9 Å². The summed E-state index contributed by atoms with van der Waals surface area (Å²) in [7, 11) is 1.61. The van der Waals surface area contributed by atoms with Gasteiger partial charge in [-0.3, -0.25) is 4.79 Å². The number of methoxy groups -OCH3 is 1. The third-order valence-corrected chi connectivity index (χ3v) is 6.66. The summed E-state index contributed by atoms with van der Waals surface area (Å²) in [4.78, 5) is 25.4. The smallest absolute Gasteiger partial charge is 0.358 e. The highest BCUT2D eigenvalue weighted by Crippen LogP contribution is 2.38. The van der Waals surface area contributed by atoms with Crippen molar-refractivity contribution in [2.45, 2.75) is 53.0 Å². The second kappa shape index (κ2) is 10.6. The Balaban J connectivity index is 1.60. The van der Waals surface area contributed by atoms with Crippen LogP contribution in [0, 0.1) is 11.3 Å². The Kier molecular flexibility index (Phi) is 7.48. The van der Waals surface area contributed by atoms with Crippen LogP contribution in [0.3, 0.4) is 0 Å². The second-order valence-corrected chi connectivity index (χ2v) is 10.4. The van der Waals surface area contributed by atoms with Crippen LogP contribution < -0.4 is 10.1 Å². The van der Waals surface area contributed by atoms with Gasteiger partial charge >= 0.3 is 5.97 Å². The molecule has 1 aliphatic rings. The maximum atomic E-state index is 13.0. The van der Waals surface area contributed by atoms with Crippen molar-refractivity contribution >= 4 is 11.9 Å². The average molecular weight is 490 g/mol. The summed E-state index contributed by atoms with van der Waals surface area (Å²) in [5.41, 5.74) is 3.32. The SMILES string of the molecule is CCOC(=O)c1cc(-c2cccc(OC)c2)n(-c2ccc(C(=O)N[C@H]3C[C@@H](C)CC(C)(C)C3)cc2)n1. The van der Waals surface area contributed by atoms with Crippen LogP contribution in [0.4, 0.5) is 0 Å². The number of ether oxygens (including phenoxy) is 2. The van der Waals surface area contributed by atoms with Gasteiger partial charge in [0, 0.05) is 17.2 Å². The Morgan fingerprint density at radius 1 is 1.11 bits per heavy atom. The minimum absolute atomic E-state index is 0.0721. The Morgan fingerprint density at radius 2 is 1.86 bits per heavy atom. The topological polar surface area (TPSA) is 82.5 Å². The first-order valence-corrected chi connectivity index (χ1v) is 12.5. The second-order valence-electron chi connectivity index (χ2n) is 10.4. The molecule has 0 bridgehead atoms. The fourth-order valence-electron chi connectivity index (χ4n) is 5.35. The molecule has 0 saturated heterocycles. The zero-order valence-corrected chi connectivity index (χ0v) is 21.7. The van der Waals surface area contributed by atoms with E-state index in [1.165, 1.54) is 6.42 Å². The summed E-state index contributed by atoms with van der Waals surface area (Å²) in [5, 5.41) is 7.75. The van der Waals surface area contributed by atoms with Gasteiger partial charge in [-0.25, -0.2) is 9.48 Å². The fraction of sp³-hybridized carbons (Fsp3) is 0.414. The maximum absolute atomic E-state index is 13.0. The first-order valence-electron chi connectivity index (χ1n) is 12.5. The minimum atomic E-state index is -0.485. The van der Waals surface area contributed by atoms with Crippen molar-refractivity contribution in [1.82, 2.24) is 15.1 Å². The van der Waals surface area contributed by atoms with Crippen molar-refractivity contribution in [1.29, 1.82) is 0 Å². The summed E-state index contributed by atoms with van der Waals surface area (Å²) in [6, 6.07) is 16.7. The van der Waals surface area contributed by atoms with Crippen LogP contribution in [0.25, 0.3) is 16.9 Å². The van der Waals surface area contributed by atoms with Gasteiger partial charge in [0.05, 0.1) is 25.1 Å². The molecule has 0 aliphatic heterocycles. The van der Waals surface area contributed by atoms with Crippen molar-refractivity contribution in [2.24, 2.45) is 11.3 Å². The Labute approximate surface area is 212 Å². The zero-order chi connectivity index (χ0) is 25.9. The van der Waals surface area contributed by atoms with Crippen molar-refractivity contribution in [3.8, 4) is 22.7 Å². The van der Waals surface area contributed by atoms with Crippen LogP contribution in [0.5, 0.6) is 5.75 Å². The zero-order valence-electron chi connectivity index (χ0n) is 21.7.